The molecule has 0 aliphatic carbocycles. The highest BCUT2D eigenvalue weighted by molar-refractivity contribution is 7.89. The summed E-state index contributed by atoms with van der Waals surface area (Å²) >= 11 is 0. The van der Waals surface area contributed by atoms with Crippen molar-refractivity contribution < 1.29 is 13.2 Å². The van der Waals surface area contributed by atoms with Gasteiger partial charge in [0.2, 0.25) is 10.0 Å². The zero-order valence-corrected chi connectivity index (χ0v) is 8.01. The zero-order valence-electron chi connectivity index (χ0n) is 7.19. The van der Waals surface area contributed by atoms with Crippen molar-refractivity contribution in [1.29, 1.82) is 0 Å². The van der Waals surface area contributed by atoms with Crippen LogP contribution in [-0.4, -0.2) is 27.4 Å². The smallest absolute Gasteiger partial charge is 0.209 e. The first-order chi connectivity index (χ1) is 5.49. The van der Waals surface area contributed by atoms with E-state index in [9.17, 15) is 8.42 Å². The van der Waals surface area contributed by atoms with E-state index in [1.54, 1.807) is 0 Å². The fourth-order valence-corrected chi connectivity index (χ4v) is 2.56. The van der Waals surface area contributed by atoms with Crippen LogP contribution in [0.15, 0.2) is 0 Å². The SMILES string of the molecule is CC1COCCC1CS(N)(=O)=O. The molecule has 0 amide bonds. The molecule has 12 heavy (non-hydrogen) atoms. The minimum Gasteiger partial charge on any atom is -0.381 e. The minimum absolute atomic E-state index is 0.0948. The van der Waals surface area contributed by atoms with Gasteiger partial charge in [0.15, 0.2) is 0 Å². The first-order valence-electron chi connectivity index (χ1n) is 4.07. The molecule has 0 radical (unpaired) electrons. The van der Waals surface area contributed by atoms with Crippen molar-refractivity contribution >= 4 is 10.0 Å². The van der Waals surface area contributed by atoms with Crippen molar-refractivity contribution in [2.45, 2.75) is 13.3 Å². The summed E-state index contributed by atoms with van der Waals surface area (Å²) in [7, 11) is -3.31. The quantitative estimate of drug-likeness (QED) is 0.668. The van der Waals surface area contributed by atoms with Gasteiger partial charge in [-0.2, -0.15) is 0 Å². The second kappa shape index (κ2) is 3.72. The normalized spacial score (nSPS) is 31.8. The summed E-state index contributed by atoms with van der Waals surface area (Å²) in [6.07, 6.45) is 0.803. The number of hydrogen-bond acceptors (Lipinski definition) is 3. The van der Waals surface area contributed by atoms with E-state index in [1.807, 2.05) is 6.92 Å². The first-order valence-corrected chi connectivity index (χ1v) is 5.79. The van der Waals surface area contributed by atoms with Gasteiger partial charge in [-0.05, 0) is 18.3 Å². The van der Waals surface area contributed by atoms with E-state index >= 15 is 0 Å². The van der Waals surface area contributed by atoms with Gasteiger partial charge in [-0.15, -0.1) is 0 Å². The highest BCUT2D eigenvalue weighted by atomic mass is 32.2. The Morgan fingerprint density at radius 3 is 2.75 bits per heavy atom. The standard InChI is InChI=1S/C7H15NO3S/c1-6-4-11-3-2-7(6)5-12(8,9)10/h6-7H,2-5H2,1H3,(H2,8,9,10). The Morgan fingerprint density at radius 1 is 1.58 bits per heavy atom. The molecular weight excluding hydrogens is 178 g/mol. The monoisotopic (exact) mass is 193 g/mol. The Hall–Kier alpha value is -0.130. The van der Waals surface area contributed by atoms with Crippen LogP contribution in [0.5, 0.6) is 0 Å². The fraction of sp³-hybridized carbons (Fsp3) is 1.00. The third kappa shape index (κ3) is 3.08. The summed E-state index contributed by atoms with van der Waals surface area (Å²) < 4.78 is 26.8. The number of ether oxygens (including phenoxy) is 1. The average Bonchev–Trinajstić information content (AvgIpc) is 1.91. The molecule has 1 saturated heterocycles. The number of primary sulfonamides is 1. The topological polar surface area (TPSA) is 69.4 Å². The lowest BCUT2D eigenvalue weighted by atomic mass is 9.92. The van der Waals surface area contributed by atoms with E-state index in [0.717, 1.165) is 6.42 Å². The third-order valence-electron chi connectivity index (χ3n) is 2.26. The van der Waals surface area contributed by atoms with Crippen LogP contribution in [0, 0.1) is 11.8 Å². The molecule has 0 aromatic carbocycles. The lowest BCUT2D eigenvalue weighted by molar-refractivity contribution is 0.0313. The molecule has 2 unspecified atom stereocenters. The van der Waals surface area contributed by atoms with Gasteiger partial charge >= 0.3 is 0 Å². The summed E-state index contributed by atoms with van der Waals surface area (Å²) in [5, 5.41) is 4.96. The predicted molar refractivity (Wildman–Crippen MR) is 46.1 cm³/mol. The van der Waals surface area contributed by atoms with Gasteiger partial charge in [-0.1, -0.05) is 6.92 Å². The van der Waals surface area contributed by atoms with Gasteiger partial charge in [0.05, 0.1) is 5.75 Å². The van der Waals surface area contributed by atoms with Crippen LogP contribution in [0.25, 0.3) is 0 Å². The molecule has 0 aromatic heterocycles. The van der Waals surface area contributed by atoms with E-state index in [-0.39, 0.29) is 11.7 Å². The van der Waals surface area contributed by atoms with Crippen molar-refractivity contribution in [2.75, 3.05) is 19.0 Å². The fourth-order valence-electron chi connectivity index (χ4n) is 1.47. The summed E-state index contributed by atoms with van der Waals surface area (Å²) in [6, 6.07) is 0. The highest BCUT2D eigenvalue weighted by Gasteiger charge is 2.25. The van der Waals surface area contributed by atoms with Crippen molar-refractivity contribution in [1.82, 2.24) is 0 Å². The van der Waals surface area contributed by atoms with Crippen LogP contribution in [-0.2, 0) is 14.8 Å². The Morgan fingerprint density at radius 2 is 2.25 bits per heavy atom. The molecule has 0 saturated carbocycles. The second-order valence-electron chi connectivity index (χ2n) is 3.43. The molecule has 2 N–H and O–H groups in total. The van der Waals surface area contributed by atoms with Crippen molar-refractivity contribution in [3.8, 4) is 0 Å². The van der Waals surface area contributed by atoms with E-state index in [4.69, 9.17) is 9.88 Å². The minimum atomic E-state index is -3.31. The largest absolute Gasteiger partial charge is 0.381 e. The van der Waals surface area contributed by atoms with Gasteiger partial charge in [0.1, 0.15) is 0 Å². The molecule has 1 heterocycles. The lowest BCUT2D eigenvalue weighted by Crippen LogP contribution is -2.33. The number of sulfonamides is 1. The third-order valence-corrected chi connectivity index (χ3v) is 3.16. The van der Waals surface area contributed by atoms with Crippen LogP contribution >= 0.6 is 0 Å². The summed E-state index contributed by atoms with van der Waals surface area (Å²) in [6.45, 7) is 3.31. The molecule has 2 atom stereocenters. The van der Waals surface area contributed by atoms with E-state index in [0.29, 0.717) is 19.1 Å². The predicted octanol–water partition coefficient (Wildman–Crippen LogP) is -0.0525. The van der Waals surface area contributed by atoms with E-state index < -0.39 is 10.0 Å². The molecule has 1 aliphatic heterocycles. The summed E-state index contributed by atoms with van der Waals surface area (Å²) in [5.74, 6) is 0.572. The molecule has 0 spiro atoms. The van der Waals surface area contributed by atoms with Crippen LogP contribution in [0.1, 0.15) is 13.3 Å². The maximum absolute atomic E-state index is 10.8. The van der Waals surface area contributed by atoms with Crippen LogP contribution in [0.4, 0.5) is 0 Å². The molecule has 0 bridgehead atoms. The average molecular weight is 193 g/mol. The Kier molecular flexibility index (Phi) is 3.09. The zero-order chi connectivity index (χ0) is 9.19. The Bertz CT molecular complexity index is 237. The Labute approximate surface area is 73.1 Å². The maximum Gasteiger partial charge on any atom is 0.209 e. The molecule has 1 aliphatic rings. The van der Waals surface area contributed by atoms with Gasteiger partial charge in [0, 0.05) is 13.2 Å². The number of rotatable bonds is 2. The Balaban J connectivity index is 2.50. The van der Waals surface area contributed by atoms with Crippen LogP contribution < -0.4 is 5.14 Å². The molecule has 0 aromatic rings. The number of nitrogens with two attached hydrogens (primary N) is 1. The summed E-state index contributed by atoms with van der Waals surface area (Å²) in [5.41, 5.74) is 0. The molecule has 4 nitrogen and oxygen atoms in total. The highest BCUT2D eigenvalue weighted by Crippen LogP contribution is 2.21. The van der Waals surface area contributed by atoms with E-state index in [2.05, 4.69) is 0 Å². The first kappa shape index (κ1) is 9.95. The molecule has 1 fully saturated rings. The van der Waals surface area contributed by atoms with Crippen LogP contribution in [0.3, 0.4) is 0 Å². The van der Waals surface area contributed by atoms with Gasteiger partial charge in [0.25, 0.3) is 0 Å². The van der Waals surface area contributed by atoms with Crippen molar-refractivity contribution in [3.05, 3.63) is 0 Å². The molecule has 1 rings (SSSR count). The van der Waals surface area contributed by atoms with Crippen LogP contribution in [0.2, 0.25) is 0 Å². The van der Waals surface area contributed by atoms with Gasteiger partial charge in [-0.3, -0.25) is 0 Å². The van der Waals surface area contributed by atoms with Crippen molar-refractivity contribution in [3.63, 3.8) is 0 Å². The molecular formula is C7H15NO3S. The maximum atomic E-state index is 10.8. The van der Waals surface area contributed by atoms with E-state index in [1.165, 1.54) is 0 Å². The summed E-state index contributed by atoms with van der Waals surface area (Å²) in [4.78, 5) is 0. The van der Waals surface area contributed by atoms with Crippen molar-refractivity contribution in [2.24, 2.45) is 17.0 Å². The lowest BCUT2D eigenvalue weighted by Gasteiger charge is -2.27. The molecule has 72 valence electrons. The molecule has 5 heteroatoms. The second-order valence-corrected chi connectivity index (χ2v) is 5.09. The van der Waals surface area contributed by atoms with Gasteiger partial charge in [-0.25, -0.2) is 13.6 Å². The number of hydrogen-bond donors (Lipinski definition) is 1. The van der Waals surface area contributed by atoms with Gasteiger partial charge < -0.3 is 4.74 Å².